The van der Waals surface area contributed by atoms with Gasteiger partial charge in [0.15, 0.2) is 18.1 Å². The van der Waals surface area contributed by atoms with Crippen molar-refractivity contribution in [2.45, 2.75) is 25.9 Å². The Morgan fingerprint density at radius 3 is 2.55 bits per heavy atom. The van der Waals surface area contributed by atoms with E-state index >= 15 is 0 Å². The first-order valence-electron chi connectivity index (χ1n) is 9.40. The zero-order valence-corrected chi connectivity index (χ0v) is 16.3. The molecule has 1 aliphatic heterocycles. The van der Waals surface area contributed by atoms with Gasteiger partial charge in [0.05, 0.1) is 0 Å². The maximum absolute atomic E-state index is 12.3. The minimum Gasteiger partial charge on any atom is -0.483 e. The van der Waals surface area contributed by atoms with Gasteiger partial charge in [0.1, 0.15) is 17.1 Å². The molecule has 0 spiro atoms. The number of anilines is 1. The number of amides is 1. The third-order valence-electron chi connectivity index (χ3n) is 4.44. The molecule has 4 rings (SSSR count). The standard InChI is InChI=1S/C23H22N2O4/c1-23(2)14-16-4-3-5-20(22(16)29-23)27-15-21(26)25-17-6-8-18(9-7-17)28-19-10-12-24-13-11-19/h3-13H,14-15H2,1-2H3,(H,25,26). The molecule has 6 heteroatoms. The molecule has 1 amide bonds. The van der Waals surface area contributed by atoms with Gasteiger partial charge in [-0.25, -0.2) is 0 Å². The highest BCUT2D eigenvalue weighted by Gasteiger charge is 2.32. The van der Waals surface area contributed by atoms with Crippen molar-refractivity contribution in [2.75, 3.05) is 11.9 Å². The molecule has 1 aromatic heterocycles. The van der Waals surface area contributed by atoms with E-state index in [1.165, 1.54) is 0 Å². The fraction of sp³-hybridized carbons (Fsp3) is 0.217. The molecule has 0 saturated carbocycles. The van der Waals surface area contributed by atoms with Crippen LogP contribution in [0.15, 0.2) is 67.0 Å². The van der Waals surface area contributed by atoms with Crippen LogP contribution in [0.1, 0.15) is 19.4 Å². The number of ether oxygens (including phenoxy) is 3. The first-order valence-corrected chi connectivity index (χ1v) is 9.40. The van der Waals surface area contributed by atoms with E-state index in [4.69, 9.17) is 14.2 Å². The predicted octanol–water partition coefficient (Wildman–Crippen LogP) is 4.60. The first-order chi connectivity index (χ1) is 14.0. The largest absolute Gasteiger partial charge is 0.483 e. The summed E-state index contributed by atoms with van der Waals surface area (Å²) < 4.78 is 17.4. The fourth-order valence-corrected chi connectivity index (χ4v) is 3.19. The van der Waals surface area contributed by atoms with E-state index in [2.05, 4.69) is 10.3 Å². The minimum atomic E-state index is -0.260. The molecule has 1 N–H and O–H groups in total. The number of hydrogen-bond donors (Lipinski definition) is 1. The van der Waals surface area contributed by atoms with Gasteiger partial charge >= 0.3 is 0 Å². The lowest BCUT2D eigenvalue weighted by molar-refractivity contribution is -0.118. The molecule has 0 unspecified atom stereocenters. The number of nitrogens with zero attached hydrogens (tertiary/aromatic N) is 1. The van der Waals surface area contributed by atoms with Crippen molar-refractivity contribution in [3.8, 4) is 23.0 Å². The highest BCUT2D eigenvalue weighted by molar-refractivity contribution is 5.92. The number of rotatable bonds is 6. The first kappa shape index (κ1) is 18.8. The second-order valence-corrected chi connectivity index (χ2v) is 7.43. The molecule has 0 atom stereocenters. The molecule has 148 valence electrons. The normalized spacial score (nSPS) is 13.9. The molecule has 0 bridgehead atoms. The Labute approximate surface area is 169 Å². The summed E-state index contributed by atoms with van der Waals surface area (Å²) in [6.07, 6.45) is 4.15. The van der Waals surface area contributed by atoms with Gasteiger partial charge in [0.25, 0.3) is 5.91 Å². The molecule has 6 nitrogen and oxygen atoms in total. The smallest absolute Gasteiger partial charge is 0.262 e. The van der Waals surface area contributed by atoms with E-state index in [0.717, 1.165) is 17.7 Å². The lowest BCUT2D eigenvalue weighted by Crippen LogP contribution is -2.25. The van der Waals surface area contributed by atoms with Crippen molar-refractivity contribution in [1.29, 1.82) is 0 Å². The van der Waals surface area contributed by atoms with Crippen molar-refractivity contribution < 1.29 is 19.0 Å². The summed E-state index contributed by atoms with van der Waals surface area (Å²) in [6, 6.07) is 16.4. The maximum atomic E-state index is 12.3. The second-order valence-electron chi connectivity index (χ2n) is 7.43. The van der Waals surface area contributed by atoms with Gasteiger partial charge in [0.2, 0.25) is 0 Å². The Hall–Kier alpha value is -3.54. The third kappa shape index (κ3) is 4.66. The second kappa shape index (κ2) is 7.83. The number of aromatic nitrogens is 1. The molecule has 29 heavy (non-hydrogen) atoms. The summed E-state index contributed by atoms with van der Waals surface area (Å²) in [5.41, 5.74) is 1.50. The van der Waals surface area contributed by atoms with Gasteiger partial charge in [-0.3, -0.25) is 9.78 Å². The number of pyridine rings is 1. The molecule has 3 aromatic rings. The third-order valence-corrected chi connectivity index (χ3v) is 4.44. The molecule has 0 saturated heterocycles. The van der Waals surface area contributed by atoms with E-state index in [-0.39, 0.29) is 18.1 Å². The predicted molar refractivity (Wildman–Crippen MR) is 110 cm³/mol. The fourth-order valence-electron chi connectivity index (χ4n) is 3.19. The van der Waals surface area contributed by atoms with Crippen molar-refractivity contribution in [3.05, 3.63) is 72.6 Å². The number of benzene rings is 2. The quantitative estimate of drug-likeness (QED) is 0.666. The molecule has 1 aliphatic rings. The van der Waals surface area contributed by atoms with Crippen molar-refractivity contribution >= 4 is 11.6 Å². The summed E-state index contributed by atoms with van der Waals surface area (Å²) >= 11 is 0. The number of fused-ring (bicyclic) bond motifs is 1. The topological polar surface area (TPSA) is 69.7 Å². The summed E-state index contributed by atoms with van der Waals surface area (Å²) in [6.45, 7) is 3.96. The van der Waals surface area contributed by atoms with Gasteiger partial charge in [0, 0.05) is 30.1 Å². The van der Waals surface area contributed by atoms with E-state index < -0.39 is 0 Å². The van der Waals surface area contributed by atoms with Gasteiger partial charge in [-0.15, -0.1) is 0 Å². The Kier molecular flexibility index (Phi) is 5.08. The van der Waals surface area contributed by atoms with E-state index in [1.54, 1.807) is 48.8 Å². The van der Waals surface area contributed by atoms with Crippen LogP contribution in [-0.4, -0.2) is 23.1 Å². The Morgan fingerprint density at radius 1 is 1.07 bits per heavy atom. The van der Waals surface area contributed by atoms with Crippen LogP contribution in [0.2, 0.25) is 0 Å². The van der Waals surface area contributed by atoms with Crippen LogP contribution >= 0.6 is 0 Å². The van der Waals surface area contributed by atoms with E-state index in [1.807, 2.05) is 32.0 Å². The summed E-state index contributed by atoms with van der Waals surface area (Å²) in [7, 11) is 0. The zero-order valence-electron chi connectivity index (χ0n) is 16.3. The van der Waals surface area contributed by atoms with Gasteiger partial charge in [-0.2, -0.15) is 0 Å². The number of carbonyl (C=O) groups is 1. The molecular weight excluding hydrogens is 368 g/mol. The molecule has 0 aliphatic carbocycles. The zero-order chi connectivity index (χ0) is 20.3. The van der Waals surface area contributed by atoms with Crippen LogP contribution in [-0.2, 0) is 11.2 Å². The van der Waals surface area contributed by atoms with Crippen LogP contribution in [0.4, 0.5) is 5.69 Å². The summed E-state index contributed by atoms with van der Waals surface area (Å²) in [4.78, 5) is 16.2. The van der Waals surface area contributed by atoms with Crippen LogP contribution in [0, 0.1) is 0 Å². The van der Waals surface area contributed by atoms with Gasteiger partial charge in [-0.05, 0) is 56.3 Å². The van der Waals surface area contributed by atoms with E-state index in [0.29, 0.717) is 22.9 Å². The molecule has 0 fully saturated rings. The Bertz CT molecular complexity index is 1000. The summed E-state index contributed by atoms with van der Waals surface area (Å²) in [5.74, 6) is 2.44. The van der Waals surface area contributed by atoms with Crippen LogP contribution in [0.5, 0.6) is 23.0 Å². The van der Waals surface area contributed by atoms with E-state index in [9.17, 15) is 4.79 Å². The van der Waals surface area contributed by atoms with Crippen LogP contribution in [0.3, 0.4) is 0 Å². The molecule has 2 heterocycles. The number of nitrogens with one attached hydrogen (secondary N) is 1. The molecule has 0 radical (unpaired) electrons. The molecular formula is C23H22N2O4. The summed E-state index contributed by atoms with van der Waals surface area (Å²) in [5, 5.41) is 2.82. The SMILES string of the molecule is CC1(C)Cc2cccc(OCC(=O)Nc3ccc(Oc4ccncc4)cc3)c2O1. The van der Waals surface area contributed by atoms with Crippen LogP contribution < -0.4 is 19.5 Å². The maximum Gasteiger partial charge on any atom is 0.262 e. The number of carbonyl (C=O) groups excluding carboxylic acids is 1. The minimum absolute atomic E-state index is 0.102. The van der Waals surface area contributed by atoms with Gasteiger partial charge < -0.3 is 19.5 Å². The monoisotopic (exact) mass is 390 g/mol. The highest BCUT2D eigenvalue weighted by atomic mass is 16.5. The highest BCUT2D eigenvalue weighted by Crippen LogP contribution is 2.41. The van der Waals surface area contributed by atoms with Crippen molar-refractivity contribution in [2.24, 2.45) is 0 Å². The number of para-hydroxylation sites is 1. The number of hydrogen-bond acceptors (Lipinski definition) is 5. The average Bonchev–Trinajstić information content (AvgIpc) is 3.03. The Morgan fingerprint density at radius 2 is 1.79 bits per heavy atom. The van der Waals surface area contributed by atoms with Gasteiger partial charge in [-0.1, -0.05) is 12.1 Å². The Balaban J connectivity index is 1.32. The van der Waals surface area contributed by atoms with Crippen molar-refractivity contribution in [1.82, 2.24) is 4.98 Å². The molecule has 2 aromatic carbocycles. The lowest BCUT2D eigenvalue weighted by Gasteiger charge is -2.18. The van der Waals surface area contributed by atoms with Crippen LogP contribution in [0.25, 0.3) is 0 Å². The lowest BCUT2D eigenvalue weighted by atomic mass is 10.0. The average molecular weight is 390 g/mol. The van der Waals surface area contributed by atoms with Crippen molar-refractivity contribution in [3.63, 3.8) is 0 Å².